The van der Waals surface area contributed by atoms with E-state index in [0.29, 0.717) is 11.1 Å². The number of aliphatic hydroxyl groups excluding tert-OH is 2. The first kappa shape index (κ1) is 20.8. The molecular formula is C20H24N2O4. The molecule has 26 heavy (non-hydrogen) atoms. The summed E-state index contributed by atoms with van der Waals surface area (Å²) in [7, 11) is 0. The molecule has 0 unspecified atom stereocenters. The number of carbonyl (C=O) groups is 1. The van der Waals surface area contributed by atoms with Crippen LogP contribution < -0.4 is 5.32 Å². The van der Waals surface area contributed by atoms with Crippen molar-refractivity contribution in [3.63, 3.8) is 0 Å². The number of alkyl carbamates (subject to hydrolysis) is 1. The van der Waals surface area contributed by atoms with Gasteiger partial charge in [0.1, 0.15) is 23.8 Å². The SMILES string of the molecule is C=C(C)\C(O)=C/C=C(C)/C(O)=C(\NC(=O)OCc1ccccc1)C(C)=N. The van der Waals surface area contributed by atoms with Crippen molar-refractivity contribution in [2.45, 2.75) is 27.4 Å². The van der Waals surface area contributed by atoms with Crippen molar-refractivity contribution < 1.29 is 19.7 Å². The van der Waals surface area contributed by atoms with Gasteiger partial charge in [0.05, 0.1) is 5.71 Å². The number of allylic oxidation sites excluding steroid dienone is 5. The molecule has 0 aliphatic heterocycles. The highest BCUT2D eigenvalue weighted by molar-refractivity contribution is 5.99. The molecule has 0 bridgehead atoms. The van der Waals surface area contributed by atoms with Crippen molar-refractivity contribution >= 4 is 11.8 Å². The minimum Gasteiger partial charge on any atom is -0.508 e. The standard InChI is InChI=1S/C20H24N2O4/c1-13(2)17(23)11-10-14(3)19(24)18(15(4)21)22-20(25)26-12-16-8-6-5-7-9-16/h5-11,21,23-24H,1,12H2,2-4H3,(H,22,25)/b14-10+,17-11+,19-18+,21-15?. The first-order valence-corrected chi connectivity index (χ1v) is 7.92. The fraction of sp³-hybridized carbons (Fsp3) is 0.200. The second-order valence-corrected chi connectivity index (χ2v) is 5.72. The van der Waals surface area contributed by atoms with E-state index in [1.807, 2.05) is 30.3 Å². The van der Waals surface area contributed by atoms with Crippen LogP contribution in [0.2, 0.25) is 0 Å². The fourth-order valence-corrected chi connectivity index (χ4v) is 1.81. The normalized spacial score (nSPS) is 12.9. The molecule has 0 radical (unpaired) electrons. The van der Waals surface area contributed by atoms with Gasteiger partial charge in [-0.25, -0.2) is 4.79 Å². The molecule has 4 N–H and O–H groups in total. The number of hydrogen-bond acceptors (Lipinski definition) is 5. The van der Waals surface area contributed by atoms with Crippen LogP contribution >= 0.6 is 0 Å². The van der Waals surface area contributed by atoms with E-state index in [1.165, 1.54) is 19.1 Å². The van der Waals surface area contributed by atoms with Crippen molar-refractivity contribution in [3.8, 4) is 0 Å². The summed E-state index contributed by atoms with van der Waals surface area (Å²) < 4.78 is 5.09. The van der Waals surface area contributed by atoms with Crippen molar-refractivity contribution in [1.82, 2.24) is 5.32 Å². The second-order valence-electron chi connectivity index (χ2n) is 5.72. The van der Waals surface area contributed by atoms with E-state index in [4.69, 9.17) is 10.1 Å². The number of amides is 1. The van der Waals surface area contributed by atoms with Gasteiger partial charge >= 0.3 is 6.09 Å². The molecule has 0 saturated carbocycles. The van der Waals surface area contributed by atoms with Gasteiger partial charge in [-0.2, -0.15) is 0 Å². The zero-order valence-corrected chi connectivity index (χ0v) is 15.2. The van der Waals surface area contributed by atoms with Gasteiger partial charge in [-0.05, 0) is 43.6 Å². The van der Waals surface area contributed by atoms with Gasteiger partial charge in [0, 0.05) is 0 Å². The molecule has 1 amide bonds. The number of rotatable bonds is 7. The summed E-state index contributed by atoms with van der Waals surface area (Å²) in [6.07, 6.45) is 2.05. The van der Waals surface area contributed by atoms with Gasteiger partial charge in [0.2, 0.25) is 0 Å². The number of ether oxygens (including phenoxy) is 1. The van der Waals surface area contributed by atoms with Crippen LogP contribution in [0.4, 0.5) is 4.79 Å². The van der Waals surface area contributed by atoms with Gasteiger partial charge in [-0.15, -0.1) is 0 Å². The van der Waals surface area contributed by atoms with E-state index < -0.39 is 6.09 Å². The van der Waals surface area contributed by atoms with Gasteiger partial charge in [-0.3, -0.25) is 5.32 Å². The zero-order valence-electron chi connectivity index (χ0n) is 15.2. The fourth-order valence-electron chi connectivity index (χ4n) is 1.81. The molecule has 0 atom stereocenters. The molecule has 0 heterocycles. The Bertz CT molecular complexity index is 774. The number of benzene rings is 1. The Morgan fingerprint density at radius 1 is 1.19 bits per heavy atom. The molecule has 6 nitrogen and oxygen atoms in total. The molecule has 1 rings (SSSR count). The Morgan fingerprint density at radius 2 is 1.81 bits per heavy atom. The van der Waals surface area contributed by atoms with E-state index in [0.717, 1.165) is 5.56 Å². The largest absolute Gasteiger partial charge is 0.508 e. The molecule has 1 aromatic carbocycles. The lowest BCUT2D eigenvalue weighted by Gasteiger charge is -2.12. The van der Waals surface area contributed by atoms with Gasteiger partial charge in [0.25, 0.3) is 0 Å². The van der Waals surface area contributed by atoms with E-state index in [-0.39, 0.29) is 29.5 Å². The maximum Gasteiger partial charge on any atom is 0.412 e. The van der Waals surface area contributed by atoms with E-state index in [1.54, 1.807) is 13.8 Å². The topological polar surface area (TPSA) is 103 Å². The van der Waals surface area contributed by atoms with Crippen LogP contribution in [0.5, 0.6) is 0 Å². The summed E-state index contributed by atoms with van der Waals surface area (Å²) in [6, 6.07) is 9.15. The highest BCUT2D eigenvalue weighted by Crippen LogP contribution is 2.13. The molecule has 0 aromatic heterocycles. The third-order valence-corrected chi connectivity index (χ3v) is 3.35. The van der Waals surface area contributed by atoms with E-state index in [2.05, 4.69) is 11.9 Å². The molecule has 1 aromatic rings. The Balaban J connectivity index is 2.88. The molecule has 6 heteroatoms. The third-order valence-electron chi connectivity index (χ3n) is 3.35. The van der Waals surface area contributed by atoms with Gasteiger partial charge in [-0.1, -0.05) is 43.0 Å². The monoisotopic (exact) mass is 356 g/mol. The molecular weight excluding hydrogens is 332 g/mol. The summed E-state index contributed by atoms with van der Waals surface area (Å²) in [4.78, 5) is 12.0. The molecule has 0 aliphatic rings. The molecule has 0 fully saturated rings. The van der Waals surface area contributed by atoms with Crippen molar-refractivity contribution in [1.29, 1.82) is 5.41 Å². The number of hydrogen-bond donors (Lipinski definition) is 4. The first-order valence-electron chi connectivity index (χ1n) is 7.92. The number of carbonyl (C=O) groups excluding carboxylic acids is 1. The summed E-state index contributed by atoms with van der Waals surface area (Å²) in [6.45, 7) is 8.32. The predicted molar refractivity (Wildman–Crippen MR) is 102 cm³/mol. The summed E-state index contributed by atoms with van der Waals surface area (Å²) in [5.74, 6) is -0.319. The molecule has 138 valence electrons. The lowest BCUT2D eigenvalue weighted by atomic mass is 10.1. The second kappa shape index (κ2) is 9.88. The minimum atomic E-state index is -0.782. The van der Waals surface area contributed by atoms with Crippen LogP contribution in [0.3, 0.4) is 0 Å². The summed E-state index contributed by atoms with van der Waals surface area (Å²) >= 11 is 0. The van der Waals surface area contributed by atoms with E-state index >= 15 is 0 Å². The van der Waals surface area contributed by atoms with E-state index in [9.17, 15) is 15.0 Å². The van der Waals surface area contributed by atoms with Crippen LogP contribution in [-0.2, 0) is 11.3 Å². The minimum absolute atomic E-state index is 0.0273. The number of nitrogens with one attached hydrogen (secondary N) is 2. The maximum atomic E-state index is 12.0. The summed E-state index contributed by atoms with van der Waals surface area (Å²) in [5, 5.41) is 30.1. The highest BCUT2D eigenvalue weighted by atomic mass is 16.5. The predicted octanol–water partition coefficient (Wildman–Crippen LogP) is 4.69. The van der Waals surface area contributed by atoms with Crippen LogP contribution in [0.1, 0.15) is 26.3 Å². The maximum absolute atomic E-state index is 12.0. The smallest absolute Gasteiger partial charge is 0.412 e. The first-order chi connectivity index (χ1) is 12.2. The lowest BCUT2D eigenvalue weighted by Crippen LogP contribution is -2.28. The van der Waals surface area contributed by atoms with Gasteiger partial charge < -0.3 is 20.4 Å². The van der Waals surface area contributed by atoms with Crippen molar-refractivity contribution in [2.24, 2.45) is 0 Å². The van der Waals surface area contributed by atoms with Gasteiger partial charge in [0.15, 0.2) is 0 Å². The van der Waals surface area contributed by atoms with Crippen LogP contribution in [0.15, 0.2) is 77.4 Å². The highest BCUT2D eigenvalue weighted by Gasteiger charge is 2.14. The lowest BCUT2D eigenvalue weighted by molar-refractivity contribution is 0.142. The Morgan fingerprint density at radius 3 is 2.35 bits per heavy atom. The van der Waals surface area contributed by atoms with Crippen LogP contribution in [0, 0.1) is 5.41 Å². The average Bonchev–Trinajstić information content (AvgIpc) is 2.62. The Hall–Kier alpha value is -3.28. The number of aliphatic hydroxyl groups is 2. The quantitative estimate of drug-likeness (QED) is 0.323. The molecule has 0 spiro atoms. The summed E-state index contributed by atoms with van der Waals surface area (Å²) in [5.41, 5.74) is 1.53. The molecule has 0 aliphatic carbocycles. The van der Waals surface area contributed by atoms with Crippen LogP contribution in [0.25, 0.3) is 0 Å². The van der Waals surface area contributed by atoms with Crippen LogP contribution in [-0.4, -0.2) is 22.0 Å². The van der Waals surface area contributed by atoms with Crippen molar-refractivity contribution in [2.75, 3.05) is 0 Å². The Kier molecular flexibility index (Phi) is 7.89. The average molecular weight is 356 g/mol. The third kappa shape index (κ3) is 6.68. The Labute approximate surface area is 153 Å². The zero-order chi connectivity index (χ0) is 19.7. The molecule has 0 saturated heterocycles. The van der Waals surface area contributed by atoms with Crippen molar-refractivity contribution in [3.05, 3.63) is 83.0 Å².